The van der Waals surface area contributed by atoms with Gasteiger partial charge in [0.05, 0.1) is 33.9 Å². The van der Waals surface area contributed by atoms with Crippen LogP contribution in [0.4, 0.5) is 54.5 Å². The number of sulfonamides is 1. The number of rotatable bonds is 11. The number of benzene rings is 2. The highest BCUT2D eigenvalue weighted by molar-refractivity contribution is 7.93. The summed E-state index contributed by atoms with van der Waals surface area (Å²) in [5.41, 5.74) is -5.64. The maximum Gasteiger partial charge on any atom is 0.435 e. The molecule has 1 saturated heterocycles. The smallest absolute Gasteiger partial charge is 0.346 e. The van der Waals surface area contributed by atoms with E-state index in [1.165, 1.54) is 26.0 Å². The first-order valence-corrected chi connectivity index (χ1v) is 26.1. The van der Waals surface area contributed by atoms with Gasteiger partial charge in [0.1, 0.15) is 40.9 Å². The number of nitrogens with one attached hydrogen (secondary N) is 1. The maximum atomic E-state index is 15.6. The SMILES string of the molecule is CN1CCN(C(=O)N(c2nn(CC(F)(F)F)c3c(-c4ccc(C#CC(C)(C)S(C)(=O)=O)nc4[C@H](Cc4cc(F)cc(F)c4)NC(=O)Cn4nc(C(F)(F)F)c5c4C(F)(F)[C@@H]4C[C@H]54)ccc(Cl)c23)S(C)(=O)=O)CC1. The van der Waals surface area contributed by atoms with Crippen molar-refractivity contribution in [3.05, 3.63) is 93.0 Å². The molecule has 2 aromatic carbocycles. The lowest BCUT2D eigenvalue weighted by molar-refractivity contribution is -0.143. The van der Waals surface area contributed by atoms with Gasteiger partial charge in [0, 0.05) is 61.1 Å². The van der Waals surface area contributed by atoms with Crippen LogP contribution in [0.5, 0.6) is 0 Å². The second-order valence-corrected chi connectivity index (χ2v) is 23.4. The van der Waals surface area contributed by atoms with E-state index in [1.807, 2.05) is 4.90 Å². The highest BCUT2D eigenvalue weighted by Crippen LogP contribution is 2.68. The minimum absolute atomic E-state index is 0.00528. The number of pyridine rings is 1. The minimum Gasteiger partial charge on any atom is -0.346 e. The number of fused-ring (bicyclic) bond motifs is 4. The molecular formula is C45H42ClF10N9O6S2. The molecule has 28 heteroatoms. The molecule has 0 bridgehead atoms. The van der Waals surface area contributed by atoms with E-state index in [2.05, 4.69) is 32.3 Å². The number of carbonyl (C=O) groups is 2. The van der Waals surface area contributed by atoms with E-state index in [9.17, 15) is 61.5 Å². The maximum absolute atomic E-state index is 15.6. The molecule has 15 nitrogen and oxygen atoms in total. The lowest BCUT2D eigenvalue weighted by Crippen LogP contribution is -2.53. The van der Waals surface area contributed by atoms with E-state index in [1.54, 1.807) is 7.05 Å². The van der Waals surface area contributed by atoms with Crippen LogP contribution >= 0.6 is 11.6 Å². The van der Waals surface area contributed by atoms with Crippen LogP contribution in [-0.2, 0) is 56.3 Å². The molecule has 73 heavy (non-hydrogen) atoms. The van der Waals surface area contributed by atoms with Crippen LogP contribution in [0.25, 0.3) is 22.0 Å². The molecule has 0 spiro atoms. The molecule has 0 radical (unpaired) electrons. The van der Waals surface area contributed by atoms with Gasteiger partial charge in [-0.25, -0.2) is 35.4 Å². The number of likely N-dealkylation sites (N-methyl/N-ethyl adjacent to an activating group) is 1. The Bertz CT molecular complexity index is 3360. The molecule has 3 aliphatic rings. The molecular weight excluding hydrogens is 1050 g/mol. The Balaban J connectivity index is 1.36. The molecule has 5 aromatic rings. The summed E-state index contributed by atoms with van der Waals surface area (Å²) in [7, 11) is -6.89. The fourth-order valence-corrected chi connectivity index (χ4v) is 10.2. The Labute approximate surface area is 415 Å². The third-order valence-corrected chi connectivity index (χ3v) is 16.0. The van der Waals surface area contributed by atoms with Gasteiger partial charge in [0.15, 0.2) is 21.3 Å². The molecule has 1 N–H and O–H groups in total. The molecule has 3 aromatic heterocycles. The highest BCUT2D eigenvalue weighted by atomic mass is 35.5. The highest BCUT2D eigenvalue weighted by Gasteiger charge is 2.68. The fraction of sp³-hybridized carbons (Fsp3) is 0.444. The van der Waals surface area contributed by atoms with Gasteiger partial charge in [-0.05, 0) is 81.5 Å². The van der Waals surface area contributed by atoms with Gasteiger partial charge in [-0.3, -0.25) is 14.2 Å². The molecule has 2 fully saturated rings. The van der Waals surface area contributed by atoms with Crippen LogP contribution < -0.4 is 9.62 Å². The molecule has 4 heterocycles. The number of sulfone groups is 1. The largest absolute Gasteiger partial charge is 0.435 e. The standard InChI is InChI=1S/C45H42ClF10N9O6S2/c1-42(2,72(4,68)69)11-10-26-6-7-27(28-8-9-31(46)35-37(28)64(22-43(49,50)51)60-40(35)65(73(5,70)71)41(67)62-14-12-61(3)13-15-62)36(57-26)32(18-23-16-24(47)19-25(48)17-23)58-33(66)21-63-39-34(38(59-63)45(54,55)56)29-20-30(29)44(39,52)53/h6-9,16-17,19,29-30,32H,12-15,18,20-22H2,1-5H3,(H,58,66)/t29-,30+,32-/m0/s1. The normalized spacial score (nSPS) is 18.5. The topological polar surface area (TPSA) is 173 Å². The first-order valence-electron chi connectivity index (χ1n) is 21.9. The van der Waals surface area contributed by atoms with E-state index >= 15 is 8.78 Å². The van der Waals surface area contributed by atoms with Crippen molar-refractivity contribution in [2.24, 2.45) is 5.92 Å². The number of anilines is 1. The van der Waals surface area contributed by atoms with Crippen LogP contribution in [0.2, 0.25) is 5.02 Å². The van der Waals surface area contributed by atoms with Gasteiger partial charge < -0.3 is 15.1 Å². The van der Waals surface area contributed by atoms with E-state index in [0.717, 1.165) is 35.4 Å². The Hall–Kier alpha value is -5.98. The van der Waals surface area contributed by atoms with Gasteiger partial charge in [-0.2, -0.15) is 49.6 Å². The minimum atomic E-state index is -5.21. The average Bonchev–Trinajstić information content (AvgIpc) is 3.77. The Morgan fingerprint density at radius 2 is 1.55 bits per heavy atom. The van der Waals surface area contributed by atoms with Crippen molar-refractivity contribution in [1.82, 2.24) is 39.7 Å². The third kappa shape index (κ3) is 10.6. The summed E-state index contributed by atoms with van der Waals surface area (Å²) in [4.78, 5) is 35.9. The van der Waals surface area contributed by atoms with Crippen LogP contribution in [0.1, 0.15) is 66.1 Å². The number of alkyl halides is 8. The first kappa shape index (κ1) is 53.3. The van der Waals surface area contributed by atoms with Crippen molar-refractivity contribution in [1.29, 1.82) is 0 Å². The predicted molar refractivity (Wildman–Crippen MR) is 245 cm³/mol. The second-order valence-electron chi connectivity index (χ2n) is 18.6. The number of carbonyl (C=O) groups excluding carboxylic acids is 2. The Kier molecular flexibility index (Phi) is 13.5. The number of hydrogen-bond donors (Lipinski definition) is 1. The third-order valence-electron chi connectivity index (χ3n) is 12.8. The average molecular weight is 1090 g/mol. The van der Waals surface area contributed by atoms with E-state index in [-0.39, 0.29) is 50.9 Å². The zero-order valence-corrected chi connectivity index (χ0v) is 41.3. The Morgan fingerprint density at radius 1 is 0.918 bits per heavy atom. The van der Waals surface area contributed by atoms with Gasteiger partial charge in [-0.1, -0.05) is 23.6 Å². The van der Waals surface area contributed by atoms with Gasteiger partial charge in [0.25, 0.3) is 5.92 Å². The monoisotopic (exact) mass is 1090 g/mol. The Morgan fingerprint density at radius 3 is 2.14 bits per heavy atom. The molecule has 8 rings (SSSR count). The molecule has 1 saturated carbocycles. The van der Waals surface area contributed by atoms with E-state index < -0.39 is 148 Å². The molecule has 0 unspecified atom stereocenters. The van der Waals surface area contributed by atoms with Crippen molar-refractivity contribution in [3.63, 3.8) is 0 Å². The number of amides is 3. The zero-order valence-electron chi connectivity index (χ0n) is 38.9. The van der Waals surface area contributed by atoms with Crippen LogP contribution in [0.3, 0.4) is 0 Å². The van der Waals surface area contributed by atoms with Crippen molar-refractivity contribution in [3.8, 4) is 23.0 Å². The van der Waals surface area contributed by atoms with E-state index in [0.29, 0.717) is 30.1 Å². The van der Waals surface area contributed by atoms with Crippen molar-refractivity contribution in [2.75, 3.05) is 50.0 Å². The molecule has 2 aliphatic carbocycles. The van der Waals surface area contributed by atoms with Gasteiger partial charge in [0.2, 0.25) is 15.9 Å². The fourth-order valence-electron chi connectivity index (χ4n) is 8.92. The summed E-state index contributed by atoms with van der Waals surface area (Å²) in [5.74, 6) is -5.79. The molecule has 1 aliphatic heterocycles. The predicted octanol–water partition coefficient (Wildman–Crippen LogP) is 7.42. The number of urea groups is 1. The zero-order chi connectivity index (χ0) is 53.7. The number of nitrogens with zero attached hydrogens (tertiary/aromatic N) is 8. The van der Waals surface area contributed by atoms with Crippen LogP contribution in [-0.4, -0.2) is 120 Å². The number of piperazine rings is 1. The van der Waals surface area contributed by atoms with Gasteiger partial charge >= 0.3 is 18.4 Å². The molecule has 3 amide bonds. The van der Waals surface area contributed by atoms with Crippen molar-refractivity contribution in [2.45, 2.75) is 74.8 Å². The summed E-state index contributed by atoms with van der Waals surface area (Å²) >= 11 is 6.71. The summed E-state index contributed by atoms with van der Waals surface area (Å²) < 4.78 is 199. The number of hydrogen-bond acceptors (Lipinski definition) is 10. The summed E-state index contributed by atoms with van der Waals surface area (Å²) in [6.07, 6.45) is -9.76. The summed E-state index contributed by atoms with van der Waals surface area (Å²) in [5, 5.41) is 8.95. The van der Waals surface area contributed by atoms with Gasteiger partial charge in [-0.15, -0.1) is 0 Å². The number of halogens is 11. The molecule has 3 atom stereocenters. The first-order chi connectivity index (χ1) is 33.7. The quantitative estimate of drug-likeness (QED) is 0.104. The lowest BCUT2D eigenvalue weighted by Gasteiger charge is -2.34. The van der Waals surface area contributed by atoms with E-state index in [4.69, 9.17) is 11.6 Å². The number of aromatic nitrogens is 5. The van der Waals surface area contributed by atoms with Crippen molar-refractivity contribution < 1.29 is 70.3 Å². The van der Waals surface area contributed by atoms with Crippen molar-refractivity contribution >= 4 is 60.1 Å². The second kappa shape index (κ2) is 18.4. The summed E-state index contributed by atoms with van der Waals surface area (Å²) in [6.45, 7) is -0.115. The van der Waals surface area contributed by atoms with Crippen LogP contribution in [0, 0.1) is 29.4 Å². The molecule has 392 valence electrons. The summed E-state index contributed by atoms with van der Waals surface area (Å²) in [6, 6.07) is 3.82. The van der Waals surface area contributed by atoms with Crippen LogP contribution in [0.15, 0.2) is 42.5 Å². The lowest BCUT2D eigenvalue weighted by atomic mass is 9.93.